The number of carbonyl (C=O) groups excluding carboxylic acids is 2. The number of carbonyl (C=O) groups is 2. The molecule has 0 radical (unpaired) electrons. The van der Waals surface area contributed by atoms with E-state index in [-0.39, 0.29) is 11.3 Å². The highest BCUT2D eigenvalue weighted by Crippen LogP contribution is 2.56. The summed E-state index contributed by atoms with van der Waals surface area (Å²) in [5, 5.41) is 13.9. The molecule has 2 atom stereocenters. The third-order valence-corrected chi connectivity index (χ3v) is 8.97. The van der Waals surface area contributed by atoms with Crippen LogP contribution in [-0.2, 0) is 25.0 Å². The van der Waals surface area contributed by atoms with Gasteiger partial charge in [0.15, 0.2) is 0 Å². The summed E-state index contributed by atoms with van der Waals surface area (Å²) in [6.45, 7) is 7.56. The first-order valence-corrected chi connectivity index (χ1v) is 16.9. The second-order valence-corrected chi connectivity index (χ2v) is 14.2. The summed E-state index contributed by atoms with van der Waals surface area (Å²) in [4.78, 5) is 36.2. The molecule has 1 amide bonds. The van der Waals surface area contributed by atoms with Gasteiger partial charge in [-0.15, -0.1) is 0 Å². The molecule has 2 unspecified atom stereocenters. The fourth-order valence-corrected chi connectivity index (χ4v) is 5.36. The number of hydrogen-bond donors (Lipinski definition) is 3. The zero-order chi connectivity index (χ0) is 33.1. The van der Waals surface area contributed by atoms with Crippen molar-refractivity contribution in [2.24, 2.45) is 5.41 Å². The van der Waals surface area contributed by atoms with Crippen molar-refractivity contribution in [3.05, 3.63) is 83.9 Å². The maximum absolute atomic E-state index is 13.2. The zero-order valence-electron chi connectivity index (χ0n) is 26.9. The quantitative estimate of drug-likeness (QED) is 0.0623. The van der Waals surface area contributed by atoms with E-state index in [0.29, 0.717) is 12.2 Å². The molecule has 0 saturated carbocycles. The average Bonchev–Trinajstić information content (AvgIpc) is 3.01. The summed E-state index contributed by atoms with van der Waals surface area (Å²) in [5.74, 6) is -0.500. The van der Waals surface area contributed by atoms with Gasteiger partial charge in [-0.05, 0) is 74.2 Å². The largest absolute Gasteiger partial charge is 0.494 e. The maximum atomic E-state index is 13.2. The number of rotatable bonds is 16. The van der Waals surface area contributed by atoms with Gasteiger partial charge >= 0.3 is 19.1 Å². The van der Waals surface area contributed by atoms with E-state index in [4.69, 9.17) is 9.47 Å². The third-order valence-electron chi connectivity index (χ3n) is 7.35. The van der Waals surface area contributed by atoms with Crippen LogP contribution in [0.3, 0.4) is 0 Å². The van der Waals surface area contributed by atoms with Crippen LogP contribution in [0, 0.1) is 5.41 Å². The normalized spacial score (nSPS) is 14.2. The molecule has 0 aromatic heterocycles. The molecule has 3 aromatic carbocycles. The topological polar surface area (TPSA) is 131 Å². The molecule has 3 aromatic rings. The average molecular weight is 640 g/mol. The van der Waals surface area contributed by atoms with Crippen LogP contribution in [0.2, 0.25) is 0 Å². The molecule has 244 valence electrons. The van der Waals surface area contributed by atoms with Crippen molar-refractivity contribution in [2.45, 2.75) is 78.2 Å². The molecule has 0 fully saturated rings. The van der Waals surface area contributed by atoms with E-state index < -0.39 is 36.8 Å². The van der Waals surface area contributed by atoms with Crippen LogP contribution in [0.25, 0.3) is 11.1 Å². The standard InChI is InChI=1S/C35H46NO8P/c1-6-7-8-9-10-13-24-43-30-22-20-27(21-23-30)26-16-18-28(19-17-26)32(37)36-31-15-12-11-14-29(31)25-35(39,45(40,41)42-5)44-33(38)34(2,3)4/h11-12,14-23,39H,6-10,13,24-25H2,1-5H3,(H,36,37)(H,40,41). The first-order chi connectivity index (χ1) is 21.3. The maximum Gasteiger partial charge on any atom is 0.399 e. The van der Waals surface area contributed by atoms with E-state index in [1.165, 1.54) is 32.1 Å². The fourth-order valence-electron chi connectivity index (χ4n) is 4.51. The van der Waals surface area contributed by atoms with E-state index >= 15 is 0 Å². The van der Waals surface area contributed by atoms with Crippen molar-refractivity contribution in [1.82, 2.24) is 0 Å². The number of para-hydroxylation sites is 1. The summed E-state index contributed by atoms with van der Waals surface area (Å²) in [5.41, 5.74) is -1.13. The number of nitrogens with one attached hydrogen (secondary N) is 1. The van der Waals surface area contributed by atoms with Crippen LogP contribution < -0.4 is 10.1 Å². The lowest BCUT2D eigenvalue weighted by atomic mass is 9.97. The summed E-state index contributed by atoms with van der Waals surface area (Å²) >= 11 is 0. The van der Waals surface area contributed by atoms with Crippen LogP contribution in [0.15, 0.2) is 72.8 Å². The Morgan fingerprint density at radius 2 is 1.42 bits per heavy atom. The molecular weight excluding hydrogens is 593 g/mol. The van der Waals surface area contributed by atoms with Crippen LogP contribution in [-0.4, -0.2) is 41.1 Å². The predicted molar refractivity (Wildman–Crippen MR) is 176 cm³/mol. The molecule has 0 aliphatic heterocycles. The van der Waals surface area contributed by atoms with Gasteiger partial charge in [0.25, 0.3) is 5.91 Å². The number of hydrogen-bond acceptors (Lipinski definition) is 7. The molecule has 9 nitrogen and oxygen atoms in total. The number of unbranched alkanes of at least 4 members (excludes halogenated alkanes) is 5. The van der Waals surface area contributed by atoms with Gasteiger partial charge in [0.1, 0.15) is 5.75 Å². The molecule has 3 N–H and O–H groups in total. The number of benzene rings is 3. The lowest BCUT2D eigenvalue weighted by Gasteiger charge is -2.33. The highest BCUT2D eigenvalue weighted by molar-refractivity contribution is 7.54. The van der Waals surface area contributed by atoms with E-state index in [9.17, 15) is 24.2 Å². The molecule has 0 heterocycles. The molecule has 0 aliphatic carbocycles. The van der Waals surface area contributed by atoms with Crippen LogP contribution in [0.4, 0.5) is 5.69 Å². The van der Waals surface area contributed by atoms with Gasteiger partial charge in [0.2, 0.25) is 0 Å². The lowest BCUT2D eigenvalue weighted by Crippen LogP contribution is -2.41. The summed E-state index contributed by atoms with van der Waals surface area (Å²) in [6, 6.07) is 21.4. The van der Waals surface area contributed by atoms with Gasteiger partial charge in [0.05, 0.1) is 18.4 Å². The Hall–Kier alpha value is -3.49. The van der Waals surface area contributed by atoms with Gasteiger partial charge in [0, 0.05) is 18.4 Å². The molecular formula is C35H46NO8P. The Bertz CT molecular complexity index is 1450. The SMILES string of the molecule is CCCCCCCCOc1ccc(-c2ccc(C(=O)Nc3ccccc3CC(O)(OC(=O)C(C)(C)C)P(=O)(O)OC)cc2)cc1. The minimum absolute atomic E-state index is 0.261. The minimum Gasteiger partial charge on any atom is -0.494 e. The van der Waals surface area contributed by atoms with Gasteiger partial charge in [-0.3, -0.25) is 14.2 Å². The summed E-state index contributed by atoms with van der Waals surface area (Å²) < 4.78 is 28.5. The second kappa shape index (κ2) is 16.2. The first kappa shape index (κ1) is 36.0. The molecule has 0 spiro atoms. The van der Waals surface area contributed by atoms with Crippen LogP contribution in [0.1, 0.15) is 82.1 Å². The van der Waals surface area contributed by atoms with Crippen molar-refractivity contribution >= 4 is 25.2 Å². The molecule has 0 bridgehead atoms. The van der Waals surface area contributed by atoms with E-state index in [2.05, 4.69) is 16.8 Å². The summed E-state index contributed by atoms with van der Waals surface area (Å²) in [6.07, 6.45) is 6.67. The van der Waals surface area contributed by atoms with Gasteiger partial charge in [-0.2, -0.15) is 0 Å². The monoisotopic (exact) mass is 639 g/mol. The Balaban J connectivity index is 1.67. The first-order valence-electron chi connectivity index (χ1n) is 15.4. The molecule has 3 rings (SSSR count). The molecule has 45 heavy (non-hydrogen) atoms. The van der Waals surface area contributed by atoms with Crippen LogP contribution in [0.5, 0.6) is 5.75 Å². The molecule has 0 aliphatic rings. The number of aliphatic hydroxyl groups is 1. The van der Waals surface area contributed by atoms with Crippen molar-refractivity contribution in [3.63, 3.8) is 0 Å². The Morgan fingerprint density at radius 1 is 0.844 bits per heavy atom. The summed E-state index contributed by atoms with van der Waals surface area (Å²) in [7, 11) is -3.92. The second-order valence-electron chi connectivity index (χ2n) is 12.1. The number of ether oxygens (including phenoxy) is 2. The highest BCUT2D eigenvalue weighted by atomic mass is 31.2. The fraction of sp³-hybridized carbons (Fsp3) is 0.429. The van der Waals surface area contributed by atoms with Gasteiger partial charge in [-0.1, -0.05) is 81.5 Å². The number of anilines is 1. The van der Waals surface area contributed by atoms with E-state index in [1.54, 1.807) is 57.2 Å². The van der Waals surface area contributed by atoms with Crippen molar-refractivity contribution in [3.8, 4) is 16.9 Å². The lowest BCUT2D eigenvalue weighted by molar-refractivity contribution is -0.193. The molecule has 10 heteroatoms. The third kappa shape index (κ3) is 10.3. The predicted octanol–water partition coefficient (Wildman–Crippen LogP) is 7.95. The van der Waals surface area contributed by atoms with Gasteiger partial charge < -0.3 is 29.3 Å². The highest BCUT2D eigenvalue weighted by Gasteiger charge is 2.52. The zero-order valence-corrected chi connectivity index (χ0v) is 27.8. The van der Waals surface area contributed by atoms with Crippen molar-refractivity contribution in [1.29, 1.82) is 0 Å². The van der Waals surface area contributed by atoms with Crippen LogP contribution >= 0.6 is 7.60 Å². The number of esters is 1. The van der Waals surface area contributed by atoms with E-state index in [1.807, 2.05) is 36.4 Å². The van der Waals surface area contributed by atoms with E-state index in [0.717, 1.165) is 30.4 Å². The Labute approximate surface area is 266 Å². The van der Waals surface area contributed by atoms with Crippen molar-refractivity contribution < 1.29 is 38.2 Å². The van der Waals surface area contributed by atoms with Crippen molar-refractivity contribution in [2.75, 3.05) is 19.0 Å². The van der Waals surface area contributed by atoms with Gasteiger partial charge in [-0.25, -0.2) is 0 Å². The minimum atomic E-state index is -4.86. The Kier molecular flexibility index (Phi) is 12.9. The number of amides is 1. The Morgan fingerprint density at radius 3 is 2.02 bits per heavy atom. The smallest absolute Gasteiger partial charge is 0.399 e. The molecule has 0 saturated heterocycles.